The Balaban J connectivity index is 1.98. The first-order chi connectivity index (χ1) is 10.3. The number of carbonyl (C=O) groups is 1. The summed E-state index contributed by atoms with van der Waals surface area (Å²) < 4.78 is 11.0. The lowest BCUT2D eigenvalue weighted by molar-refractivity contribution is -0.125. The highest BCUT2D eigenvalue weighted by Gasteiger charge is 2.26. The maximum Gasteiger partial charge on any atom is 0.223 e. The topological polar surface area (TPSA) is 54.7 Å². The molecule has 1 amide bonds. The van der Waals surface area contributed by atoms with Gasteiger partial charge in [0.15, 0.2) is 0 Å². The molecule has 1 N–H and O–H groups in total. The van der Waals surface area contributed by atoms with Crippen LogP contribution < -0.4 is 5.32 Å². The molecule has 1 aliphatic heterocycles. The van der Waals surface area contributed by atoms with Gasteiger partial charge in [-0.2, -0.15) is 0 Å². The van der Waals surface area contributed by atoms with E-state index in [-0.39, 0.29) is 17.9 Å². The van der Waals surface area contributed by atoms with E-state index in [0.29, 0.717) is 6.54 Å². The molecule has 1 saturated heterocycles. The van der Waals surface area contributed by atoms with E-state index in [9.17, 15) is 4.79 Å². The number of furan rings is 1. The molecule has 1 aromatic heterocycles. The van der Waals surface area contributed by atoms with Crippen LogP contribution >= 0.6 is 0 Å². The fourth-order valence-electron chi connectivity index (χ4n) is 2.78. The molecule has 0 bridgehead atoms. The lowest BCUT2D eigenvalue weighted by atomic mass is 10.0. The highest BCUT2D eigenvalue weighted by Crippen LogP contribution is 2.22. The van der Waals surface area contributed by atoms with Crippen LogP contribution in [0.2, 0.25) is 0 Å². The Morgan fingerprint density at radius 2 is 2.05 bits per heavy atom. The highest BCUT2D eigenvalue weighted by molar-refractivity contribution is 5.78. The maximum atomic E-state index is 12.2. The minimum Gasteiger partial charge on any atom is -0.468 e. The Bertz CT molecular complexity index is 409. The van der Waals surface area contributed by atoms with Gasteiger partial charge in [0.1, 0.15) is 5.76 Å². The molecule has 1 atom stereocenters. The molecule has 0 unspecified atom stereocenters. The van der Waals surface area contributed by atoms with Gasteiger partial charge in [-0.1, -0.05) is 13.8 Å². The molecular formula is C16H26N2O3. The number of hydrogen-bond acceptors (Lipinski definition) is 4. The van der Waals surface area contributed by atoms with E-state index < -0.39 is 0 Å². The second-order valence-electron chi connectivity index (χ2n) is 5.44. The Labute approximate surface area is 126 Å². The van der Waals surface area contributed by atoms with Crippen LogP contribution in [-0.4, -0.2) is 43.7 Å². The first kappa shape index (κ1) is 16.0. The van der Waals surface area contributed by atoms with E-state index in [1.54, 1.807) is 6.26 Å². The molecule has 0 aliphatic carbocycles. The van der Waals surface area contributed by atoms with Gasteiger partial charge in [0.25, 0.3) is 0 Å². The van der Waals surface area contributed by atoms with Gasteiger partial charge < -0.3 is 14.5 Å². The van der Waals surface area contributed by atoms with Gasteiger partial charge in [-0.15, -0.1) is 0 Å². The van der Waals surface area contributed by atoms with Crippen LogP contribution in [0.25, 0.3) is 0 Å². The number of amides is 1. The minimum atomic E-state index is 0.0854. The number of morpholine rings is 1. The molecule has 21 heavy (non-hydrogen) atoms. The summed E-state index contributed by atoms with van der Waals surface area (Å²) in [5.74, 6) is 1.15. The van der Waals surface area contributed by atoms with Gasteiger partial charge in [0.05, 0.1) is 25.5 Å². The molecule has 2 heterocycles. The summed E-state index contributed by atoms with van der Waals surface area (Å²) in [4.78, 5) is 14.5. The van der Waals surface area contributed by atoms with Crippen LogP contribution in [0.1, 0.15) is 38.5 Å². The van der Waals surface area contributed by atoms with Gasteiger partial charge in [-0.05, 0) is 25.0 Å². The van der Waals surface area contributed by atoms with Crippen LogP contribution in [-0.2, 0) is 9.53 Å². The second kappa shape index (κ2) is 8.20. The lowest BCUT2D eigenvalue weighted by Gasteiger charge is -2.33. The highest BCUT2D eigenvalue weighted by atomic mass is 16.5. The van der Waals surface area contributed by atoms with Crippen molar-refractivity contribution < 1.29 is 13.9 Å². The molecule has 1 fully saturated rings. The van der Waals surface area contributed by atoms with Crippen molar-refractivity contribution in [3.8, 4) is 0 Å². The molecule has 0 aromatic carbocycles. The molecule has 0 saturated carbocycles. The number of nitrogens with one attached hydrogen (secondary N) is 1. The van der Waals surface area contributed by atoms with Gasteiger partial charge in [-0.25, -0.2) is 0 Å². The van der Waals surface area contributed by atoms with Gasteiger partial charge in [0.2, 0.25) is 5.91 Å². The standard InChI is InChI=1S/C16H26N2O3/c1-3-13(4-2)16(19)17-12-14(15-6-5-9-21-15)18-7-10-20-11-8-18/h5-6,9,13-14H,3-4,7-8,10-12H2,1-2H3,(H,17,19)/t14-/m1/s1. The smallest absolute Gasteiger partial charge is 0.223 e. The third kappa shape index (κ3) is 4.32. The summed E-state index contributed by atoms with van der Waals surface area (Å²) in [5.41, 5.74) is 0. The first-order valence-electron chi connectivity index (χ1n) is 7.89. The van der Waals surface area contributed by atoms with Crippen LogP contribution in [0.15, 0.2) is 22.8 Å². The van der Waals surface area contributed by atoms with Crippen LogP contribution in [0.4, 0.5) is 0 Å². The van der Waals surface area contributed by atoms with Crippen molar-refractivity contribution in [3.05, 3.63) is 24.2 Å². The van der Waals surface area contributed by atoms with E-state index in [1.807, 2.05) is 12.1 Å². The summed E-state index contributed by atoms with van der Waals surface area (Å²) in [5, 5.41) is 3.09. The van der Waals surface area contributed by atoms with Crippen molar-refractivity contribution in [2.45, 2.75) is 32.7 Å². The first-order valence-corrected chi connectivity index (χ1v) is 7.89. The molecule has 0 spiro atoms. The monoisotopic (exact) mass is 294 g/mol. The zero-order chi connectivity index (χ0) is 15.1. The molecular weight excluding hydrogens is 268 g/mol. The number of ether oxygens (including phenoxy) is 1. The molecule has 2 rings (SSSR count). The van der Waals surface area contributed by atoms with Crippen molar-refractivity contribution >= 4 is 5.91 Å². The van der Waals surface area contributed by atoms with E-state index in [1.165, 1.54) is 0 Å². The van der Waals surface area contributed by atoms with E-state index in [2.05, 4.69) is 24.1 Å². The second-order valence-corrected chi connectivity index (χ2v) is 5.44. The number of carbonyl (C=O) groups excluding carboxylic acids is 1. The summed E-state index contributed by atoms with van der Waals surface area (Å²) in [6.45, 7) is 7.90. The predicted molar refractivity (Wildman–Crippen MR) is 80.9 cm³/mol. The van der Waals surface area contributed by atoms with Crippen molar-refractivity contribution in [1.82, 2.24) is 10.2 Å². The summed E-state index contributed by atoms with van der Waals surface area (Å²) in [6.07, 6.45) is 3.45. The number of nitrogens with zero attached hydrogens (tertiary/aromatic N) is 1. The summed E-state index contributed by atoms with van der Waals surface area (Å²) in [7, 11) is 0. The largest absolute Gasteiger partial charge is 0.468 e. The number of hydrogen-bond donors (Lipinski definition) is 1. The summed E-state index contributed by atoms with van der Waals surface area (Å²) in [6, 6.07) is 3.96. The van der Waals surface area contributed by atoms with Crippen molar-refractivity contribution in [2.75, 3.05) is 32.8 Å². The molecule has 1 aromatic rings. The fourth-order valence-corrected chi connectivity index (χ4v) is 2.78. The zero-order valence-corrected chi connectivity index (χ0v) is 13.0. The Morgan fingerprint density at radius 3 is 2.62 bits per heavy atom. The maximum absolute atomic E-state index is 12.2. The van der Waals surface area contributed by atoms with Crippen molar-refractivity contribution in [2.24, 2.45) is 5.92 Å². The third-order valence-electron chi connectivity index (χ3n) is 4.18. The van der Waals surface area contributed by atoms with Crippen LogP contribution in [0, 0.1) is 5.92 Å². The van der Waals surface area contributed by atoms with E-state index in [0.717, 1.165) is 44.9 Å². The van der Waals surface area contributed by atoms with Gasteiger partial charge in [0, 0.05) is 25.6 Å². The quantitative estimate of drug-likeness (QED) is 0.837. The third-order valence-corrected chi connectivity index (χ3v) is 4.18. The Hall–Kier alpha value is -1.33. The minimum absolute atomic E-state index is 0.0854. The molecule has 0 radical (unpaired) electrons. The Kier molecular flexibility index (Phi) is 6.26. The zero-order valence-electron chi connectivity index (χ0n) is 13.0. The van der Waals surface area contributed by atoms with Gasteiger partial charge in [-0.3, -0.25) is 9.69 Å². The normalized spacial score (nSPS) is 17.9. The molecule has 118 valence electrons. The van der Waals surface area contributed by atoms with Crippen molar-refractivity contribution in [3.63, 3.8) is 0 Å². The molecule has 5 nitrogen and oxygen atoms in total. The fraction of sp³-hybridized carbons (Fsp3) is 0.688. The molecule has 5 heteroatoms. The Morgan fingerprint density at radius 1 is 1.33 bits per heavy atom. The van der Waals surface area contributed by atoms with Crippen molar-refractivity contribution in [1.29, 1.82) is 0 Å². The number of rotatable bonds is 7. The van der Waals surface area contributed by atoms with E-state index in [4.69, 9.17) is 9.15 Å². The van der Waals surface area contributed by atoms with Gasteiger partial charge >= 0.3 is 0 Å². The predicted octanol–water partition coefficient (Wildman–Crippen LogP) is 2.21. The van der Waals surface area contributed by atoms with E-state index >= 15 is 0 Å². The SMILES string of the molecule is CCC(CC)C(=O)NC[C@H](c1ccco1)N1CCOCC1. The molecule has 1 aliphatic rings. The average Bonchev–Trinajstić information content (AvgIpc) is 3.04. The van der Waals surface area contributed by atoms with Crippen LogP contribution in [0.3, 0.4) is 0 Å². The lowest BCUT2D eigenvalue weighted by Crippen LogP contribution is -2.44. The van der Waals surface area contributed by atoms with Crippen LogP contribution in [0.5, 0.6) is 0 Å². The average molecular weight is 294 g/mol. The summed E-state index contributed by atoms with van der Waals surface area (Å²) >= 11 is 0.